The first-order valence-corrected chi connectivity index (χ1v) is 6.18. The molecule has 0 spiro atoms. The number of rotatable bonds is 2. The molecule has 0 N–H and O–H groups in total. The minimum atomic E-state index is -3.12. The maximum Gasteiger partial charge on any atom is 0.211 e. The second kappa shape index (κ2) is 3.64. The molecule has 1 aliphatic heterocycles. The van der Waals surface area contributed by atoms with Gasteiger partial charge in [-0.15, -0.1) is 0 Å². The van der Waals surface area contributed by atoms with E-state index in [-0.39, 0.29) is 12.0 Å². The molecule has 1 rings (SSSR count). The maximum atomic E-state index is 11.3. The fraction of sp³-hybridized carbons (Fsp3) is 0.875. The molecule has 1 saturated heterocycles. The summed E-state index contributed by atoms with van der Waals surface area (Å²) in [7, 11) is -3.12. The Balaban J connectivity index is 2.83. The van der Waals surface area contributed by atoms with Gasteiger partial charge >= 0.3 is 0 Å². The standard InChI is InChI=1S/C8H14N2O2S/c1-7(6-9)8-4-3-5-10(8)13(2,11)12/h7-8H,3-5H2,1-2H3. The topological polar surface area (TPSA) is 61.2 Å². The lowest BCUT2D eigenvalue weighted by molar-refractivity contribution is 0.342. The predicted octanol–water partition coefficient (Wildman–Crippen LogP) is 0.570. The van der Waals surface area contributed by atoms with E-state index in [1.807, 2.05) is 0 Å². The molecule has 0 saturated carbocycles. The van der Waals surface area contributed by atoms with Crippen LogP contribution < -0.4 is 0 Å². The summed E-state index contributed by atoms with van der Waals surface area (Å²) in [6, 6.07) is 1.99. The van der Waals surface area contributed by atoms with E-state index in [1.165, 1.54) is 10.6 Å². The number of hydrogen-bond donors (Lipinski definition) is 0. The van der Waals surface area contributed by atoms with Crippen molar-refractivity contribution < 1.29 is 8.42 Å². The van der Waals surface area contributed by atoms with Gasteiger partial charge in [-0.2, -0.15) is 9.57 Å². The first-order valence-electron chi connectivity index (χ1n) is 4.33. The molecule has 2 unspecified atom stereocenters. The summed E-state index contributed by atoms with van der Waals surface area (Å²) < 4.78 is 24.0. The fourth-order valence-electron chi connectivity index (χ4n) is 1.76. The van der Waals surface area contributed by atoms with Gasteiger partial charge in [0.05, 0.1) is 18.2 Å². The quantitative estimate of drug-likeness (QED) is 0.657. The Kier molecular flexibility index (Phi) is 2.94. The zero-order valence-electron chi connectivity index (χ0n) is 7.90. The zero-order chi connectivity index (χ0) is 10.1. The highest BCUT2D eigenvalue weighted by Gasteiger charge is 2.34. The molecule has 4 nitrogen and oxygen atoms in total. The summed E-state index contributed by atoms with van der Waals surface area (Å²) in [6.45, 7) is 2.34. The minimum Gasteiger partial charge on any atom is -0.212 e. The summed E-state index contributed by atoms with van der Waals surface area (Å²) in [5.41, 5.74) is 0. The molecule has 1 aliphatic rings. The smallest absolute Gasteiger partial charge is 0.211 e. The molecule has 13 heavy (non-hydrogen) atoms. The number of sulfonamides is 1. The average Bonchev–Trinajstić information content (AvgIpc) is 2.49. The van der Waals surface area contributed by atoms with Gasteiger partial charge in [-0.1, -0.05) is 0 Å². The largest absolute Gasteiger partial charge is 0.212 e. The van der Waals surface area contributed by atoms with Crippen molar-refractivity contribution in [3.8, 4) is 6.07 Å². The van der Waals surface area contributed by atoms with E-state index in [0.29, 0.717) is 6.54 Å². The van der Waals surface area contributed by atoms with Gasteiger partial charge in [0.1, 0.15) is 0 Å². The summed E-state index contributed by atoms with van der Waals surface area (Å²) in [5.74, 6) is -0.211. The molecule has 0 aromatic carbocycles. The van der Waals surface area contributed by atoms with Crippen molar-refractivity contribution in [2.45, 2.75) is 25.8 Å². The van der Waals surface area contributed by atoms with Crippen molar-refractivity contribution in [3.05, 3.63) is 0 Å². The van der Waals surface area contributed by atoms with Crippen molar-refractivity contribution in [2.75, 3.05) is 12.8 Å². The van der Waals surface area contributed by atoms with Crippen LogP contribution in [0.1, 0.15) is 19.8 Å². The van der Waals surface area contributed by atoms with E-state index in [9.17, 15) is 8.42 Å². The summed E-state index contributed by atoms with van der Waals surface area (Å²) in [6.07, 6.45) is 2.88. The summed E-state index contributed by atoms with van der Waals surface area (Å²) in [5, 5.41) is 8.71. The first-order chi connectivity index (χ1) is 5.96. The van der Waals surface area contributed by atoms with Gasteiger partial charge in [-0.05, 0) is 19.8 Å². The monoisotopic (exact) mass is 202 g/mol. The lowest BCUT2D eigenvalue weighted by atomic mass is 10.0. The third kappa shape index (κ3) is 2.20. The molecule has 5 heteroatoms. The van der Waals surface area contributed by atoms with E-state index in [2.05, 4.69) is 6.07 Å². The second-order valence-corrected chi connectivity index (χ2v) is 5.44. The predicted molar refractivity (Wildman–Crippen MR) is 49.3 cm³/mol. The van der Waals surface area contributed by atoms with E-state index in [4.69, 9.17) is 5.26 Å². The van der Waals surface area contributed by atoms with E-state index in [1.54, 1.807) is 6.92 Å². The SMILES string of the molecule is CC(C#N)C1CCCN1S(C)(=O)=O. The molecule has 2 atom stereocenters. The van der Waals surface area contributed by atoms with E-state index >= 15 is 0 Å². The van der Waals surface area contributed by atoms with Crippen molar-refractivity contribution >= 4 is 10.0 Å². The van der Waals surface area contributed by atoms with Crippen molar-refractivity contribution in [1.82, 2.24) is 4.31 Å². The Morgan fingerprint density at radius 1 is 1.62 bits per heavy atom. The van der Waals surface area contributed by atoms with Gasteiger partial charge in [-0.3, -0.25) is 0 Å². The molecule has 74 valence electrons. The van der Waals surface area contributed by atoms with E-state index in [0.717, 1.165) is 12.8 Å². The highest BCUT2D eigenvalue weighted by atomic mass is 32.2. The second-order valence-electron chi connectivity index (χ2n) is 3.50. The highest BCUT2D eigenvalue weighted by molar-refractivity contribution is 7.88. The van der Waals surface area contributed by atoms with Gasteiger partial charge < -0.3 is 0 Å². The van der Waals surface area contributed by atoms with Crippen LogP contribution in [-0.2, 0) is 10.0 Å². The third-order valence-electron chi connectivity index (χ3n) is 2.46. The van der Waals surface area contributed by atoms with E-state index < -0.39 is 10.0 Å². The van der Waals surface area contributed by atoms with Crippen LogP contribution in [0, 0.1) is 17.2 Å². The van der Waals surface area contributed by atoms with Crippen LogP contribution >= 0.6 is 0 Å². The Bertz CT molecular complexity index is 318. The van der Waals surface area contributed by atoms with Crippen LogP contribution in [0.3, 0.4) is 0 Å². The zero-order valence-corrected chi connectivity index (χ0v) is 8.71. The molecule has 0 aliphatic carbocycles. The molecule has 1 fully saturated rings. The van der Waals surface area contributed by atoms with Crippen molar-refractivity contribution in [3.63, 3.8) is 0 Å². The Hall–Kier alpha value is -0.600. The Morgan fingerprint density at radius 3 is 2.69 bits per heavy atom. The van der Waals surface area contributed by atoms with Crippen LogP contribution in [0.15, 0.2) is 0 Å². The molecular formula is C8H14N2O2S. The number of nitriles is 1. The summed E-state index contributed by atoms with van der Waals surface area (Å²) in [4.78, 5) is 0. The van der Waals surface area contributed by atoms with Crippen molar-refractivity contribution in [1.29, 1.82) is 5.26 Å². The van der Waals surface area contributed by atoms with Gasteiger partial charge in [0, 0.05) is 12.6 Å². The van der Waals surface area contributed by atoms with Gasteiger partial charge in [0.25, 0.3) is 0 Å². The van der Waals surface area contributed by atoms with Crippen LogP contribution in [0.4, 0.5) is 0 Å². The fourth-order valence-corrected chi connectivity index (χ4v) is 3.00. The number of nitrogens with zero attached hydrogens (tertiary/aromatic N) is 2. The van der Waals surface area contributed by atoms with Gasteiger partial charge in [0.15, 0.2) is 0 Å². The van der Waals surface area contributed by atoms with Crippen LogP contribution in [-0.4, -0.2) is 31.6 Å². The molecule has 0 aromatic rings. The normalized spacial score (nSPS) is 27.0. The molecule has 0 radical (unpaired) electrons. The Morgan fingerprint density at radius 2 is 2.23 bits per heavy atom. The highest BCUT2D eigenvalue weighted by Crippen LogP contribution is 2.25. The average molecular weight is 202 g/mol. The van der Waals surface area contributed by atoms with Gasteiger partial charge in [0.2, 0.25) is 10.0 Å². The lowest BCUT2D eigenvalue weighted by Gasteiger charge is -2.23. The minimum absolute atomic E-state index is 0.111. The van der Waals surface area contributed by atoms with Crippen LogP contribution in [0.25, 0.3) is 0 Å². The first kappa shape index (κ1) is 10.5. The lowest BCUT2D eigenvalue weighted by Crippen LogP contribution is -2.38. The third-order valence-corrected chi connectivity index (χ3v) is 3.76. The molecule has 1 heterocycles. The summed E-state index contributed by atoms with van der Waals surface area (Å²) >= 11 is 0. The molecule has 0 bridgehead atoms. The van der Waals surface area contributed by atoms with Crippen LogP contribution in [0.5, 0.6) is 0 Å². The van der Waals surface area contributed by atoms with Crippen molar-refractivity contribution in [2.24, 2.45) is 5.92 Å². The van der Waals surface area contributed by atoms with Crippen LogP contribution in [0.2, 0.25) is 0 Å². The number of hydrogen-bond acceptors (Lipinski definition) is 3. The molecular weight excluding hydrogens is 188 g/mol. The Labute approximate surface area is 79.2 Å². The molecule has 0 amide bonds. The molecule has 0 aromatic heterocycles. The maximum absolute atomic E-state index is 11.3. The van der Waals surface area contributed by atoms with Gasteiger partial charge in [-0.25, -0.2) is 8.42 Å².